The summed E-state index contributed by atoms with van der Waals surface area (Å²) in [6.45, 7) is 0. The molecule has 0 radical (unpaired) electrons. The van der Waals surface area contributed by atoms with Crippen LogP contribution < -0.4 is 10.1 Å². The summed E-state index contributed by atoms with van der Waals surface area (Å²) in [5, 5.41) is 2.99. The van der Waals surface area contributed by atoms with Gasteiger partial charge in [-0.2, -0.15) is 8.42 Å². The van der Waals surface area contributed by atoms with E-state index in [4.69, 9.17) is 4.74 Å². The first-order chi connectivity index (χ1) is 13.4. The van der Waals surface area contributed by atoms with Crippen molar-refractivity contribution in [2.75, 3.05) is 5.32 Å². The van der Waals surface area contributed by atoms with Gasteiger partial charge in [-0.3, -0.25) is 0 Å². The summed E-state index contributed by atoms with van der Waals surface area (Å²) in [5.74, 6) is 0.0652. The highest BCUT2D eigenvalue weighted by Crippen LogP contribution is 2.27. The van der Waals surface area contributed by atoms with E-state index in [1.807, 2.05) is 0 Å². The molecule has 3 aromatic carbocycles. The lowest BCUT2D eigenvalue weighted by Crippen LogP contribution is -2.12. The third kappa shape index (κ3) is 3.69. The van der Waals surface area contributed by atoms with Crippen molar-refractivity contribution in [1.29, 1.82) is 0 Å². The average molecular weight is 457 g/mol. The highest BCUT2D eigenvalue weighted by atomic mass is 79.9. The second-order valence-corrected chi connectivity index (χ2v) is 8.45. The van der Waals surface area contributed by atoms with Gasteiger partial charge in [-0.15, -0.1) is 4.40 Å². The number of anilines is 1. The van der Waals surface area contributed by atoms with Crippen LogP contribution in [0.25, 0.3) is 0 Å². The number of carbonyl (C=O) groups excluding carboxylic acids is 1. The molecule has 3 aromatic rings. The van der Waals surface area contributed by atoms with Crippen LogP contribution in [0.4, 0.5) is 5.69 Å². The summed E-state index contributed by atoms with van der Waals surface area (Å²) >= 11 is 3.32. The summed E-state index contributed by atoms with van der Waals surface area (Å²) in [6, 6.07) is 20.1. The van der Waals surface area contributed by atoms with Gasteiger partial charge < -0.3 is 10.1 Å². The number of sulfonamides is 1. The maximum Gasteiger partial charge on any atom is 0.343 e. The van der Waals surface area contributed by atoms with E-state index < -0.39 is 16.0 Å². The van der Waals surface area contributed by atoms with E-state index in [0.717, 1.165) is 4.47 Å². The van der Waals surface area contributed by atoms with Crippen LogP contribution in [0.3, 0.4) is 0 Å². The molecule has 1 aliphatic rings. The molecular weight excluding hydrogens is 444 g/mol. The van der Waals surface area contributed by atoms with Crippen molar-refractivity contribution in [2.45, 2.75) is 4.90 Å². The molecule has 0 bridgehead atoms. The highest BCUT2D eigenvalue weighted by molar-refractivity contribution is 9.10. The molecule has 0 spiro atoms. The molecular formula is C20H13BrN2O4S. The first-order valence-electron chi connectivity index (χ1n) is 8.22. The standard InChI is InChI=1S/C20H13BrN2O4S/c21-14-10-8-13(9-11-14)20(24)27-16-5-3-4-15(12-16)22-19-17-6-1-2-7-18(17)28(25,26)23-19/h1-12H,(H,22,23). The minimum atomic E-state index is -3.71. The van der Waals surface area contributed by atoms with E-state index >= 15 is 0 Å². The Labute approximate surface area is 170 Å². The van der Waals surface area contributed by atoms with Crippen LogP contribution in [-0.2, 0) is 10.0 Å². The average Bonchev–Trinajstić information content (AvgIpc) is 2.93. The predicted octanol–water partition coefficient (Wildman–Crippen LogP) is 4.23. The number of nitrogens with one attached hydrogen (secondary N) is 1. The smallest absolute Gasteiger partial charge is 0.343 e. The number of fused-ring (bicyclic) bond motifs is 1. The minimum Gasteiger partial charge on any atom is -0.423 e. The van der Waals surface area contributed by atoms with Gasteiger partial charge in [-0.25, -0.2) is 4.79 Å². The van der Waals surface area contributed by atoms with E-state index in [1.54, 1.807) is 66.7 Å². The molecule has 0 saturated carbocycles. The number of hydrogen-bond acceptors (Lipinski definition) is 5. The summed E-state index contributed by atoms with van der Waals surface area (Å²) < 4.78 is 34.4. The molecule has 0 fully saturated rings. The highest BCUT2D eigenvalue weighted by Gasteiger charge is 2.28. The SMILES string of the molecule is O=C(Oc1cccc(NC2=NS(=O)(=O)c3ccccc32)c1)c1ccc(Br)cc1. The van der Waals surface area contributed by atoms with E-state index in [1.165, 1.54) is 6.07 Å². The van der Waals surface area contributed by atoms with Crippen molar-refractivity contribution < 1.29 is 17.9 Å². The van der Waals surface area contributed by atoms with Crippen LogP contribution in [0.2, 0.25) is 0 Å². The Kier molecular flexibility index (Phi) is 4.74. The summed E-state index contributed by atoms with van der Waals surface area (Å²) in [4.78, 5) is 12.4. The maximum absolute atomic E-state index is 12.3. The molecule has 1 aliphatic heterocycles. The number of esters is 1. The number of halogens is 1. The van der Waals surface area contributed by atoms with Gasteiger partial charge >= 0.3 is 5.97 Å². The topological polar surface area (TPSA) is 84.8 Å². The maximum atomic E-state index is 12.3. The van der Waals surface area contributed by atoms with Crippen molar-refractivity contribution in [3.63, 3.8) is 0 Å². The Morgan fingerprint density at radius 3 is 2.50 bits per heavy atom. The van der Waals surface area contributed by atoms with Crippen LogP contribution in [-0.4, -0.2) is 20.2 Å². The Bertz CT molecular complexity index is 1200. The Morgan fingerprint density at radius 2 is 1.71 bits per heavy atom. The minimum absolute atomic E-state index is 0.162. The second-order valence-electron chi connectivity index (χ2n) is 5.96. The van der Waals surface area contributed by atoms with Crippen molar-refractivity contribution >= 4 is 43.4 Å². The molecule has 4 rings (SSSR count). The van der Waals surface area contributed by atoms with Crippen molar-refractivity contribution in [3.05, 3.63) is 88.4 Å². The van der Waals surface area contributed by atoms with Gasteiger partial charge in [-0.1, -0.05) is 34.1 Å². The van der Waals surface area contributed by atoms with Gasteiger partial charge in [0.15, 0.2) is 5.84 Å². The molecule has 0 aliphatic carbocycles. The third-order valence-electron chi connectivity index (χ3n) is 4.02. The van der Waals surface area contributed by atoms with E-state index in [9.17, 15) is 13.2 Å². The molecule has 28 heavy (non-hydrogen) atoms. The van der Waals surface area contributed by atoms with Crippen molar-refractivity contribution in [3.8, 4) is 5.75 Å². The zero-order valence-electron chi connectivity index (χ0n) is 14.3. The molecule has 8 heteroatoms. The monoisotopic (exact) mass is 456 g/mol. The first kappa shape index (κ1) is 18.4. The zero-order chi connectivity index (χ0) is 19.7. The van der Waals surface area contributed by atoms with E-state index in [0.29, 0.717) is 22.6 Å². The van der Waals surface area contributed by atoms with Crippen LogP contribution in [0.5, 0.6) is 5.75 Å². The van der Waals surface area contributed by atoms with Crippen molar-refractivity contribution in [2.24, 2.45) is 4.40 Å². The fourth-order valence-electron chi connectivity index (χ4n) is 2.72. The predicted molar refractivity (Wildman–Crippen MR) is 109 cm³/mol. The Balaban J connectivity index is 1.55. The fraction of sp³-hybridized carbons (Fsp3) is 0. The van der Waals surface area contributed by atoms with Crippen LogP contribution in [0.1, 0.15) is 15.9 Å². The molecule has 140 valence electrons. The van der Waals surface area contributed by atoms with Crippen LogP contribution in [0, 0.1) is 0 Å². The van der Waals surface area contributed by atoms with E-state index in [2.05, 4.69) is 25.6 Å². The molecule has 0 aromatic heterocycles. The lowest BCUT2D eigenvalue weighted by molar-refractivity contribution is 0.0735. The Hall–Kier alpha value is -2.97. The third-order valence-corrected chi connectivity index (χ3v) is 5.88. The molecule has 0 unspecified atom stereocenters. The van der Waals surface area contributed by atoms with E-state index in [-0.39, 0.29) is 10.7 Å². The van der Waals surface area contributed by atoms with Crippen LogP contribution >= 0.6 is 15.9 Å². The summed E-state index contributed by atoms with van der Waals surface area (Å²) in [7, 11) is -3.71. The number of nitrogens with zero attached hydrogens (tertiary/aromatic N) is 1. The summed E-state index contributed by atoms with van der Waals surface area (Å²) in [5.41, 5.74) is 1.47. The Morgan fingerprint density at radius 1 is 0.964 bits per heavy atom. The van der Waals surface area contributed by atoms with Gasteiger partial charge in [0.2, 0.25) is 0 Å². The second kappa shape index (κ2) is 7.21. The quantitative estimate of drug-likeness (QED) is 0.470. The number of hydrogen-bond donors (Lipinski definition) is 1. The lowest BCUT2D eigenvalue weighted by atomic mass is 10.2. The van der Waals surface area contributed by atoms with Gasteiger partial charge in [0.05, 0.1) is 5.56 Å². The van der Waals surface area contributed by atoms with Gasteiger partial charge in [0, 0.05) is 21.8 Å². The number of ether oxygens (including phenoxy) is 1. The molecule has 6 nitrogen and oxygen atoms in total. The summed E-state index contributed by atoms with van der Waals surface area (Å²) in [6.07, 6.45) is 0. The lowest BCUT2D eigenvalue weighted by Gasteiger charge is -2.09. The zero-order valence-corrected chi connectivity index (χ0v) is 16.7. The number of rotatable bonds is 3. The first-order valence-corrected chi connectivity index (χ1v) is 10.4. The van der Waals surface area contributed by atoms with Crippen LogP contribution in [0.15, 0.2) is 86.6 Å². The number of carbonyl (C=O) groups is 1. The van der Waals surface area contributed by atoms with Gasteiger partial charge in [0.25, 0.3) is 10.0 Å². The fourth-order valence-corrected chi connectivity index (χ4v) is 4.16. The molecule has 1 heterocycles. The number of amidine groups is 1. The van der Waals surface area contributed by atoms with Gasteiger partial charge in [0.1, 0.15) is 10.6 Å². The van der Waals surface area contributed by atoms with Gasteiger partial charge in [-0.05, 0) is 48.5 Å². The number of benzene rings is 3. The molecule has 1 N–H and O–H groups in total. The normalized spacial score (nSPS) is 14.1. The largest absolute Gasteiger partial charge is 0.423 e. The van der Waals surface area contributed by atoms with Crippen molar-refractivity contribution in [1.82, 2.24) is 0 Å². The molecule has 0 atom stereocenters. The molecule has 0 amide bonds. The molecule has 0 saturated heterocycles.